The van der Waals surface area contributed by atoms with Gasteiger partial charge in [0, 0.05) is 13.1 Å². The highest BCUT2D eigenvalue weighted by Gasteiger charge is 2.34. The first-order valence-electron chi connectivity index (χ1n) is 8.76. The van der Waals surface area contributed by atoms with E-state index < -0.39 is 0 Å². The van der Waals surface area contributed by atoms with Gasteiger partial charge < -0.3 is 4.74 Å². The van der Waals surface area contributed by atoms with E-state index in [0.29, 0.717) is 12.1 Å². The van der Waals surface area contributed by atoms with Gasteiger partial charge in [-0.2, -0.15) is 0 Å². The summed E-state index contributed by atoms with van der Waals surface area (Å²) in [5.41, 5.74) is 5.31. The lowest BCUT2D eigenvalue weighted by molar-refractivity contribution is -0.0589. The minimum atomic E-state index is 0.314. The van der Waals surface area contributed by atoms with Crippen LogP contribution in [-0.4, -0.2) is 30.7 Å². The normalized spacial score (nSPS) is 17.5. The predicted octanol–water partition coefficient (Wildman–Crippen LogP) is 4.75. The SMILES string of the molecule is C/C=C(\C)COC1CN(C(c2ccccc2)c2ccc(C)cc2)C1. The smallest absolute Gasteiger partial charge is 0.0833 e. The topological polar surface area (TPSA) is 12.5 Å². The minimum Gasteiger partial charge on any atom is -0.371 e. The van der Waals surface area contributed by atoms with Crippen LogP contribution in [0.5, 0.6) is 0 Å². The zero-order valence-corrected chi connectivity index (χ0v) is 14.9. The van der Waals surface area contributed by atoms with Crippen LogP contribution in [0.3, 0.4) is 0 Å². The molecule has 24 heavy (non-hydrogen) atoms. The molecule has 1 aliphatic rings. The number of hydrogen-bond donors (Lipinski definition) is 0. The number of ether oxygens (including phenoxy) is 1. The van der Waals surface area contributed by atoms with Gasteiger partial charge in [-0.25, -0.2) is 0 Å². The lowest BCUT2D eigenvalue weighted by Gasteiger charge is -2.44. The molecule has 0 N–H and O–H groups in total. The number of hydrogen-bond acceptors (Lipinski definition) is 2. The maximum Gasteiger partial charge on any atom is 0.0833 e. The fraction of sp³-hybridized carbons (Fsp3) is 0.364. The molecule has 0 radical (unpaired) electrons. The highest BCUT2D eigenvalue weighted by atomic mass is 16.5. The average Bonchev–Trinajstić information content (AvgIpc) is 2.58. The molecule has 2 aromatic carbocycles. The second-order valence-electron chi connectivity index (χ2n) is 6.75. The quantitative estimate of drug-likeness (QED) is 0.712. The van der Waals surface area contributed by atoms with Gasteiger partial charge in [-0.3, -0.25) is 4.90 Å². The Balaban J connectivity index is 1.72. The van der Waals surface area contributed by atoms with Crippen LogP contribution in [0, 0.1) is 6.92 Å². The van der Waals surface area contributed by atoms with Crippen molar-refractivity contribution < 1.29 is 4.74 Å². The summed E-state index contributed by atoms with van der Waals surface area (Å²) in [7, 11) is 0. The molecular weight excluding hydrogens is 294 g/mol. The van der Waals surface area contributed by atoms with Gasteiger partial charge in [-0.1, -0.05) is 71.8 Å². The van der Waals surface area contributed by atoms with E-state index in [1.165, 1.54) is 22.3 Å². The molecule has 1 fully saturated rings. The first-order valence-corrected chi connectivity index (χ1v) is 8.76. The molecule has 126 valence electrons. The Labute approximate surface area is 145 Å². The fourth-order valence-corrected chi connectivity index (χ4v) is 3.12. The molecule has 3 rings (SSSR count). The highest BCUT2D eigenvalue weighted by molar-refractivity contribution is 5.34. The van der Waals surface area contributed by atoms with Crippen LogP contribution in [0.25, 0.3) is 0 Å². The van der Waals surface area contributed by atoms with Crippen molar-refractivity contribution in [3.8, 4) is 0 Å². The molecule has 0 spiro atoms. The van der Waals surface area contributed by atoms with E-state index in [2.05, 4.69) is 86.3 Å². The summed E-state index contributed by atoms with van der Waals surface area (Å²) in [6, 6.07) is 20.0. The van der Waals surface area contributed by atoms with E-state index in [9.17, 15) is 0 Å². The summed E-state index contributed by atoms with van der Waals surface area (Å²) in [6.45, 7) is 9.05. The van der Waals surface area contributed by atoms with E-state index >= 15 is 0 Å². The molecule has 0 bridgehead atoms. The second kappa shape index (κ2) is 7.78. The molecule has 2 nitrogen and oxygen atoms in total. The largest absolute Gasteiger partial charge is 0.371 e. The molecule has 0 saturated carbocycles. The van der Waals surface area contributed by atoms with E-state index in [1.54, 1.807) is 0 Å². The molecule has 0 aliphatic carbocycles. The van der Waals surface area contributed by atoms with Crippen molar-refractivity contribution in [1.82, 2.24) is 4.90 Å². The van der Waals surface area contributed by atoms with Crippen LogP contribution in [0.15, 0.2) is 66.2 Å². The van der Waals surface area contributed by atoms with Crippen molar-refractivity contribution in [2.75, 3.05) is 19.7 Å². The Morgan fingerprint density at radius 3 is 2.33 bits per heavy atom. The average molecular weight is 321 g/mol. The van der Waals surface area contributed by atoms with Crippen LogP contribution in [0.2, 0.25) is 0 Å². The number of allylic oxidation sites excluding steroid dienone is 1. The van der Waals surface area contributed by atoms with Crippen molar-refractivity contribution in [2.24, 2.45) is 0 Å². The zero-order chi connectivity index (χ0) is 16.9. The van der Waals surface area contributed by atoms with Crippen LogP contribution in [0.4, 0.5) is 0 Å². The number of nitrogens with zero attached hydrogens (tertiary/aromatic N) is 1. The van der Waals surface area contributed by atoms with Gasteiger partial charge in [-0.05, 0) is 31.9 Å². The Morgan fingerprint density at radius 1 is 1.08 bits per heavy atom. The molecule has 2 heteroatoms. The van der Waals surface area contributed by atoms with E-state index in [4.69, 9.17) is 4.74 Å². The monoisotopic (exact) mass is 321 g/mol. The van der Waals surface area contributed by atoms with Crippen molar-refractivity contribution in [3.63, 3.8) is 0 Å². The summed E-state index contributed by atoms with van der Waals surface area (Å²) >= 11 is 0. The number of benzene rings is 2. The summed E-state index contributed by atoms with van der Waals surface area (Å²) < 4.78 is 5.99. The first kappa shape index (κ1) is 16.9. The van der Waals surface area contributed by atoms with Gasteiger partial charge in [0.05, 0.1) is 18.8 Å². The minimum absolute atomic E-state index is 0.314. The Morgan fingerprint density at radius 2 is 1.71 bits per heavy atom. The Hall–Kier alpha value is -1.90. The van der Waals surface area contributed by atoms with Crippen molar-refractivity contribution in [2.45, 2.75) is 32.9 Å². The Kier molecular flexibility index (Phi) is 5.49. The third-order valence-electron chi connectivity index (χ3n) is 4.79. The molecule has 1 saturated heterocycles. The number of rotatable bonds is 6. The molecule has 1 unspecified atom stereocenters. The van der Waals surface area contributed by atoms with Crippen molar-refractivity contribution in [3.05, 3.63) is 82.9 Å². The zero-order valence-electron chi connectivity index (χ0n) is 14.9. The molecule has 1 aliphatic heterocycles. The summed E-state index contributed by atoms with van der Waals surface area (Å²) in [4.78, 5) is 2.51. The van der Waals surface area contributed by atoms with Gasteiger partial charge in [0.25, 0.3) is 0 Å². The van der Waals surface area contributed by atoms with Crippen LogP contribution in [0.1, 0.15) is 36.6 Å². The molecule has 1 atom stereocenters. The van der Waals surface area contributed by atoms with Crippen LogP contribution < -0.4 is 0 Å². The van der Waals surface area contributed by atoms with Gasteiger partial charge in [0.1, 0.15) is 0 Å². The van der Waals surface area contributed by atoms with E-state index in [0.717, 1.165) is 19.7 Å². The molecule has 1 heterocycles. The van der Waals surface area contributed by atoms with Crippen molar-refractivity contribution >= 4 is 0 Å². The summed E-state index contributed by atoms with van der Waals surface area (Å²) in [5.74, 6) is 0. The third-order valence-corrected chi connectivity index (χ3v) is 4.79. The van der Waals surface area contributed by atoms with Gasteiger partial charge in [-0.15, -0.1) is 0 Å². The van der Waals surface area contributed by atoms with Crippen molar-refractivity contribution in [1.29, 1.82) is 0 Å². The first-order chi connectivity index (χ1) is 11.7. The van der Waals surface area contributed by atoms with Gasteiger partial charge in [0.15, 0.2) is 0 Å². The maximum absolute atomic E-state index is 5.99. The maximum atomic E-state index is 5.99. The summed E-state index contributed by atoms with van der Waals surface area (Å²) in [6.07, 6.45) is 2.46. The molecule has 2 aromatic rings. The standard InChI is InChI=1S/C22H27NO/c1-4-17(2)16-24-21-14-23(15-21)22(19-8-6-5-7-9-19)20-12-10-18(3)11-13-20/h4-13,21-22H,14-16H2,1-3H3/b17-4+. The third kappa shape index (κ3) is 3.95. The highest BCUT2D eigenvalue weighted by Crippen LogP contribution is 2.33. The number of likely N-dealkylation sites (tertiary alicyclic amines) is 1. The fourth-order valence-electron chi connectivity index (χ4n) is 3.12. The summed E-state index contributed by atoms with van der Waals surface area (Å²) in [5, 5.41) is 0. The van der Waals surface area contributed by atoms with E-state index in [-0.39, 0.29) is 0 Å². The molecule has 0 amide bonds. The second-order valence-corrected chi connectivity index (χ2v) is 6.75. The van der Waals surface area contributed by atoms with Crippen LogP contribution in [-0.2, 0) is 4.74 Å². The number of aryl methyl sites for hydroxylation is 1. The lowest BCUT2D eigenvalue weighted by Crippen LogP contribution is -2.53. The van der Waals surface area contributed by atoms with Gasteiger partial charge in [0.2, 0.25) is 0 Å². The van der Waals surface area contributed by atoms with E-state index in [1.807, 2.05) is 0 Å². The molecular formula is C22H27NO. The predicted molar refractivity (Wildman–Crippen MR) is 100 cm³/mol. The molecule has 0 aromatic heterocycles. The van der Waals surface area contributed by atoms with Crippen LogP contribution >= 0.6 is 0 Å². The lowest BCUT2D eigenvalue weighted by atomic mass is 9.93. The van der Waals surface area contributed by atoms with Gasteiger partial charge >= 0.3 is 0 Å². The Bertz CT molecular complexity index is 669.